The van der Waals surface area contributed by atoms with E-state index in [0.717, 1.165) is 21.3 Å². The van der Waals surface area contributed by atoms with Crippen LogP contribution in [0.1, 0.15) is 11.5 Å². The van der Waals surface area contributed by atoms with Gasteiger partial charge in [0.2, 0.25) is 0 Å². The van der Waals surface area contributed by atoms with Crippen molar-refractivity contribution in [1.29, 1.82) is 5.26 Å². The summed E-state index contributed by atoms with van der Waals surface area (Å²) in [5.74, 6) is -7.32. The molecule has 0 bridgehead atoms. The highest BCUT2D eigenvalue weighted by Crippen LogP contribution is 2.39. The van der Waals surface area contributed by atoms with Gasteiger partial charge < -0.3 is 28.8 Å². The molecule has 8 heteroatoms. The first-order valence-corrected chi connectivity index (χ1v) is 6.84. The highest BCUT2D eigenvalue weighted by Gasteiger charge is 2.53. The highest BCUT2D eigenvalue weighted by molar-refractivity contribution is 5.82. The van der Waals surface area contributed by atoms with Crippen LogP contribution in [0.4, 0.5) is 0 Å². The van der Waals surface area contributed by atoms with Crippen molar-refractivity contribution >= 4 is 11.9 Å². The van der Waals surface area contributed by atoms with Crippen molar-refractivity contribution in [2.75, 3.05) is 28.4 Å². The van der Waals surface area contributed by atoms with Gasteiger partial charge in [0.25, 0.3) is 5.79 Å². The first-order valence-electron chi connectivity index (χ1n) is 6.84. The lowest BCUT2D eigenvalue weighted by Gasteiger charge is -2.38. The first kappa shape index (κ1) is 19.4. The van der Waals surface area contributed by atoms with E-state index < -0.39 is 29.6 Å². The second-order valence-electron chi connectivity index (χ2n) is 4.74. The number of nitriles is 1. The van der Waals surface area contributed by atoms with E-state index in [1.54, 1.807) is 18.2 Å². The van der Waals surface area contributed by atoms with Crippen molar-refractivity contribution in [3.05, 3.63) is 29.8 Å². The third-order valence-corrected chi connectivity index (χ3v) is 3.69. The lowest BCUT2D eigenvalue weighted by atomic mass is 9.79. The molecule has 0 heterocycles. The topological polar surface area (TPSA) is 118 Å². The number of methoxy groups -OCH3 is 4. The van der Waals surface area contributed by atoms with Crippen LogP contribution in [0.2, 0.25) is 0 Å². The molecule has 2 atom stereocenters. The largest absolute Gasteiger partial charge is 0.549 e. The number of nitrogens with zero attached hydrogens (tertiary/aromatic N) is 1. The maximum absolute atomic E-state index is 12.3. The number of benzene rings is 1. The Balaban J connectivity index is 3.59. The summed E-state index contributed by atoms with van der Waals surface area (Å²) in [6.45, 7) is 0. The molecule has 0 aliphatic heterocycles. The third-order valence-electron chi connectivity index (χ3n) is 3.69. The van der Waals surface area contributed by atoms with Crippen molar-refractivity contribution in [1.82, 2.24) is 0 Å². The molecule has 1 rings (SSSR count). The van der Waals surface area contributed by atoms with E-state index in [2.05, 4.69) is 4.74 Å². The standard InChI is InChI=1S/C16H19NO7/c1-21-11-7-5-10(6-8-11)13(12(9-17)14(18)19)16(23-3,24-4)15(20)22-2/h5-8,12-13H,1-4H3,(H,18,19)/p-1/t12-,13+/m1/s1. The summed E-state index contributed by atoms with van der Waals surface area (Å²) < 4.78 is 20.1. The van der Waals surface area contributed by atoms with Gasteiger partial charge >= 0.3 is 5.97 Å². The van der Waals surface area contributed by atoms with Gasteiger partial charge in [-0.3, -0.25) is 0 Å². The Kier molecular flexibility index (Phi) is 6.70. The van der Waals surface area contributed by atoms with Gasteiger partial charge in [0.1, 0.15) is 5.75 Å². The molecule has 1 aromatic carbocycles. The zero-order valence-electron chi connectivity index (χ0n) is 13.8. The van der Waals surface area contributed by atoms with E-state index in [9.17, 15) is 20.0 Å². The number of carboxylic acid groups (broad SMARTS) is 1. The minimum Gasteiger partial charge on any atom is -0.549 e. The Morgan fingerprint density at radius 3 is 2.00 bits per heavy atom. The molecule has 0 fully saturated rings. The first-order chi connectivity index (χ1) is 11.4. The molecule has 0 amide bonds. The predicted molar refractivity (Wildman–Crippen MR) is 78.6 cm³/mol. The second-order valence-corrected chi connectivity index (χ2v) is 4.74. The molecule has 0 spiro atoms. The number of carbonyl (C=O) groups is 2. The van der Waals surface area contributed by atoms with Crippen LogP contribution in [0.25, 0.3) is 0 Å². The summed E-state index contributed by atoms with van der Waals surface area (Å²) in [5, 5.41) is 20.7. The fraction of sp³-hybridized carbons (Fsp3) is 0.438. The van der Waals surface area contributed by atoms with Crippen molar-refractivity contribution < 1.29 is 33.6 Å². The molecule has 0 saturated carbocycles. The molecule has 1 aromatic rings. The van der Waals surface area contributed by atoms with Crippen LogP contribution in [-0.2, 0) is 23.8 Å². The monoisotopic (exact) mass is 336 g/mol. The van der Waals surface area contributed by atoms with Gasteiger partial charge in [-0.15, -0.1) is 0 Å². The van der Waals surface area contributed by atoms with Crippen molar-refractivity contribution in [3.63, 3.8) is 0 Å². The Bertz CT molecular complexity index is 616. The van der Waals surface area contributed by atoms with Crippen LogP contribution in [-0.4, -0.2) is 46.2 Å². The van der Waals surface area contributed by atoms with Gasteiger partial charge in [-0.05, 0) is 17.7 Å². The van der Waals surface area contributed by atoms with E-state index >= 15 is 0 Å². The number of rotatable bonds is 8. The normalized spacial score (nSPS) is 13.5. The van der Waals surface area contributed by atoms with Gasteiger partial charge in [0.15, 0.2) is 0 Å². The minimum atomic E-state index is -2.14. The molecular weight excluding hydrogens is 318 g/mol. The van der Waals surface area contributed by atoms with Gasteiger partial charge in [-0.2, -0.15) is 5.26 Å². The second kappa shape index (κ2) is 8.29. The van der Waals surface area contributed by atoms with Crippen molar-refractivity contribution in [3.8, 4) is 11.8 Å². The molecule has 130 valence electrons. The lowest BCUT2D eigenvalue weighted by molar-refractivity contribution is -0.314. The number of aliphatic carboxylic acids is 1. The minimum absolute atomic E-state index is 0.306. The zero-order chi connectivity index (χ0) is 18.3. The van der Waals surface area contributed by atoms with Crippen molar-refractivity contribution in [2.24, 2.45) is 5.92 Å². The summed E-state index contributed by atoms with van der Waals surface area (Å²) in [5.41, 5.74) is 0.306. The molecule has 0 unspecified atom stereocenters. The SMILES string of the molecule is COC(=O)C(OC)(OC)[C@@H](c1ccc(OC)cc1)[C@@H](C#N)C(=O)[O-]. The van der Waals surface area contributed by atoms with Gasteiger partial charge in [0, 0.05) is 14.2 Å². The lowest BCUT2D eigenvalue weighted by Crippen LogP contribution is -2.53. The number of hydrogen-bond donors (Lipinski definition) is 0. The molecule has 0 aromatic heterocycles. The molecule has 0 saturated heterocycles. The zero-order valence-corrected chi connectivity index (χ0v) is 13.8. The summed E-state index contributed by atoms with van der Waals surface area (Å²) in [4.78, 5) is 23.7. The van der Waals surface area contributed by atoms with Crippen molar-refractivity contribution in [2.45, 2.75) is 11.7 Å². The Morgan fingerprint density at radius 2 is 1.67 bits per heavy atom. The van der Waals surface area contributed by atoms with Crippen LogP contribution in [0.3, 0.4) is 0 Å². The van der Waals surface area contributed by atoms with Gasteiger partial charge in [-0.25, -0.2) is 4.79 Å². The number of carbonyl (C=O) groups excluding carboxylic acids is 2. The maximum Gasteiger partial charge on any atom is 0.367 e. The van der Waals surface area contributed by atoms with Crippen LogP contribution in [0.15, 0.2) is 24.3 Å². The van der Waals surface area contributed by atoms with Gasteiger partial charge in [-0.1, -0.05) is 12.1 Å². The summed E-state index contributed by atoms with van der Waals surface area (Å²) in [7, 11) is 4.87. The third kappa shape index (κ3) is 3.48. The number of esters is 1. The van der Waals surface area contributed by atoms with E-state index in [0.29, 0.717) is 11.3 Å². The number of carboxylic acids is 1. The van der Waals surface area contributed by atoms with Gasteiger partial charge in [0.05, 0.1) is 38.1 Å². The molecule has 0 aliphatic carbocycles. The average molecular weight is 336 g/mol. The average Bonchev–Trinajstić information content (AvgIpc) is 2.61. The summed E-state index contributed by atoms with van der Waals surface area (Å²) in [6.07, 6.45) is 0. The fourth-order valence-electron chi connectivity index (χ4n) is 2.48. The Morgan fingerprint density at radius 1 is 1.12 bits per heavy atom. The quantitative estimate of drug-likeness (QED) is 0.474. The number of ether oxygens (including phenoxy) is 4. The fourth-order valence-corrected chi connectivity index (χ4v) is 2.48. The molecule has 0 aliphatic rings. The smallest absolute Gasteiger partial charge is 0.367 e. The van der Waals surface area contributed by atoms with E-state index in [1.165, 1.54) is 19.2 Å². The molecule has 0 radical (unpaired) electrons. The maximum atomic E-state index is 12.3. The summed E-state index contributed by atoms with van der Waals surface area (Å²) >= 11 is 0. The van der Waals surface area contributed by atoms with Crippen LogP contribution in [0, 0.1) is 17.2 Å². The molecule has 24 heavy (non-hydrogen) atoms. The molecular formula is C16H18NO7-. The summed E-state index contributed by atoms with van der Waals surface area (Å²) in [6, 6.07) is 7.74. The van der Waals surface area contributed by atoms with E-state index in [-0.39, 0.29) is 0 Å². The van der Waals surface area contributed by atoms with E-state index in [4.69, 9.17) is 14.2 Å². The Hall–Kier alpha value is -2.63. The Labute approximate surface area is 139 Å². The van der Waals surface area contributed by atoms with E-state index in [1.807, 2.05) is 0 Å². The molecule has 8 nitrogen and oxygen atoms in total. The number of hydrogen-bond acceptors (Lipinski definition) is 8. The molecule has 0 N–H and O–H groups in total. The van der Waals surface area contributed by atoms with Crippen LogP contribution in [0.5, 0.6) is 5.75 Å². The van der Waals surface area contributed by atoms with Crippen LogP contribution >= 0.6 is 0 Å². The predicted octanol–water partition coefficient (Wildman–Crippen LogP) is -0.169. The highest BCUT2D eigenvalue weighted by atomic mass is 16.7. The van der Waals surface area contributed by atoms with Crippen LogP contribution < -0.4 is 9.84 Å².